The summed E-state index contributed by atoms with van der Waals surface area (Å²) < 4.78 is 2.12. The van der Waals surface area contributed by atoms with Crippen molar-refractivity contribution in [2.75, 3.05) is 20.1 Å². The lowest BCUT2D eigenvalue weighted by atomic mass is 10.0. The number of aromatic nitrogens is 2. The minimum atomic E-state index is 0.0944. The summed E-state index contributed by atoms with van der Waals surface area (Å²) in [6.45, 7) is 8.59. The molecule has 5 heteroatoms. The molecule has 1 saturated heterocycles. The Balaban J connectivity index is 1.57. The molecule has 1 fully saturated rings. The van der Waals surface area contributed by atoms with E-state index in [0.29, 0.717) is 12.1 Å². The zero-order valence-corrected chi connectivity index (χ0v) is 17.8. The van der Waals surface area contributed by atoms with Crippen molar-refractivity contribution in [1.82, 2.24) is 19.4 Å². The first-order valence-corrected chi connectivity index (χ1v) is 10.5. The van der Waals surface area contributed by atoms with E-state index in [1.165, 1.54) is 0 Å². The molecule has 1 aliphatic heterocycles. The van der Waals surface area contributed by atoms with Gasteiger partial charge in [-0.05, 0) is 63.9 Å². The van der Waals surface area contributed by atoms with Crippen molar-refractivity contribution in [1.29, 1.82) is 0 Å². The van der Waals surface area contributed by atoms with Gasteiger partial charge in [0.1, 0.15) is 5.82 Å². The van der Waals surface area contributed by atoms with Crippen LogP contribution >= 0.6 is 0 Å². The zero-order valence-electron chi connectivity index (χ0n) is 17.8. The molecule has 5 nitrogen and oxygen atoms in total. The van der Waals surface area contributed by atoms with E-state index >= 15 is 0 Å². The van der Waals surface area contributed by atoms with Crippen LogP contribution in [0.1, 0.15) is 42.9 Å². The molecule has 0 radical (unpaired) electrons. The van der Waals surface area contributed by atoms with Crippen LogP contribution in [0.25, 0.3) is 16.7 Å². The van der Waals surface area contributed by atoms with Gasteiger partial charge in [-0.3, -0.25) is 9.36 Å². The molecule has 2 aromatic carbocycles. The number of para-hydroxylation sites is 2. The first-order chi connectivity index (χ1) is 14.0. The maximum atomic E-state index is 13.2. The van der Waals surface area contributed by atoms with Gasteiger partial charge in [-0.25, -0.2) is 4.98 Å². The molecule has 0 unspecified atom stereocenters. The lowest BCUT2D eigenvalue weighted by molar-refractivity contribution is 0.0615. The van der Waals surface area contributed by atoms with E-state index in [4.69, 9.17) is 0 Å². The number of piperidine rings is 1. The highest BCUT2D eigenvalue weighted by molar-refractivity contribution is 5.95. The van der Waals surface area contributed by atoms with Crippen molar-refractivity contribution in [3.63, 3.8) is 0 Å². The normalized spacial score (nSPS) is 15.9. The van der Waals surface area contributed by atoms with Crippen molar-refractivity contribution in [2.45, 2.75) is 45.7 Å². The number of benzene rings is 2. The third-order valence-corrected chi connectivity index (χ3v) is 6.18. The molecule has 2 heterocycles. The standard InChI is InChI=1S/C24H30N4O/c1-17(2)27-14-12-20(13-15-27)26(4)24(29)19-8-7-9-21(16-19)28-18(3)25-22-10-5-6-11-23(22)28/h5-11,16-17,20H,12-15H2,1-4H3. The summed E-state index contributed by atoms with van der Waals surface area (Å²) in [5.41, 5.74) is 3.73. The second kappa shape index (κ2) is 7.99. The third kappa shape index (κ3) is 3.79. The lowest BCUT2D eigenvalue weighted by Crippen LogP contribution is -2.47. The van der Waals surface area contributed by atoms with Gasteiger partial charge in [0.05, 0.1) is 11.0 Å². The number of fused-ring (bicyclic) bond motifs is 1. The number of hydrogen-bond donors (Lipinski definition) is 0. The van der Waals surface area contributed by atoms with Crippen molar-refractivity contribution in [2.24, 2.45) is 0 Å². The summed E-state index contributed by atoms with van der Waals surface area (Å²) in [6, 6.07) is 16.9. The van der Waals surface area contributed by atoms with Crippen LogP contribution in [-0.4, -0.2) is 57.5 Å². The lowest BCUT2D eigenvalue weighted by Gasteiger charge is -2.38. The molecule has 0 spiro atoms. The van der Waals surface area contributed by atoms with Gasteiger partial charge in [-0.15, -0.1) is 0 Å². The molecule has 0 saturated carbocycles. The molecule has 1 amide bonds. The highest BCUT2D eigenvalue weighted by Crippen LogP contribution is 2.23. The van der Waals surface area contributed by atoms with E-state index < -0.39 is 0 Å². The Bertz CT molecular complexity index is 1010. The Labute approximate surface area is 172 Å². The molecule has 0 bridgehead atoms. The number of aryl methyl sites for hydroxylation is 1. The molecule has 0 aliphatic carbocycles. The number of likely N-dealkylation sites (tertiary alicyclic amines) is 1. The molecule has 1 aliphatic rings. The number of carbonyl (C=O) groups is 1. The second-order valence-electron chi connectivity index (χ2n) is 8.31. The smallest absolute Gasteiger partial charge is 0.253 e. The predicted octanol–water partition coefficient (Wildman–Crippen LogP) is 4.28. The fourth-order valence-corrected chi connectivity index (χ4v) is 4.41. The second-order valence-corrected chi connectivity index (χ2v) is 8.31. The van der Waals surface area contributed by atoms with Crippen LogP contribution in [0, 0.1) is 6.92 Å². The van der Waals surface area contributed by atoms with Gasteiger partial charge >= 0.3 is 0 Å². The number of amides is 1. The van der Waals surface area contributed by atoms with E-state index in [0.717, 1.165) is 54.0 Å². The molecular weight excluding hydrogens is 360 g/mol. The van der Waals surface area contributed by atoms with Crippen molar-refractivity contribution >= 4 is 16.9 Å². The fourth-order valence-electron chi connectivity index (χ4n) is 4.41. The minimum Gasteiger partial charge on any atom is -0.339 e. The molecule has 152 valence electrons. The highest BCUT2D eigenvalue weighted by Gasteiger charge is 2.27. The average molecular weight is 391 g/mol. The predicted molar refractivity (Wildman–Crippen MR) is 118 cm³/mol. The van der Waals surface area contributed by atoms with Crippen LogP contribution in [0.4, 0.5) is 0 Å². The van der Waals surface area contributed by atoms with Crippen LogP contribution < -0.4 is 0 Å². The first kappa shape index (κ1) is 19.6. The van der Waals surface area contributed by atoms with Crippen LogP contribution in [0.15, 0.2) is 48.5 Å². The molecule has 4 rings (SSSR count). The van der Waals surface area contributed by atoms with E-state index in [2.05, 4.69) is 34.4 Å². The fraction of sp³-hybridized carbons (Fsp3) is 0.417. The maximum Gasteiger partial charge on any atom is 0.253 e. The van der Waals surface area contributed by atoms with E-state index in [1.807, 2.05) is 61.3 Å². The summed E-state index contributed by atoms with van der Waals surface area (Å²) in [4.78, 5) is 22.3. The monoisotopic (exact) mass is 390 g/mol. The summed E-state index contributed by atoms with van der Waals surface area (Å²) in [7, 11) is 1.95. The SMILES string of the molecule is Cc1nc2ccccc2n1-c1cccc(C(=O)N(C)C2CCN(C(C)C)CC2)c1. The Morgan fingerprint density at radius 3 is 2.55 bits per heavy atom. The van der Waals surface area contributed by atoms with E-state index in [-0.39, 0.29) is 5.91 Å². The van der Waals surface area contributed by atoms with Gasteiger partial charge in [0.2, 0.25) is 0 Å². The van der Waals surface area contributed by atoms with Crippen LogP contribution in [0.5, 0.6) is 0 Å². The van der Waals surface area contributed by atoms with Gasteiger partial charge in [0.15, 0.2) is 0 Å². The minimum absolute atomic E-state index is 0.0944. The van der Waals surface area contributed by atoms with Crippen molar-refractivity contribution in [3.05, 3.63) is 59.9 Å². The van der Waals surface area contributed by atoms with E-state index in [9.17, 15) is 4.79 Å². The number of carbonyl (C=O) groups excluding carboxylic acids is 1. The van der Waals surface area contributed by atoms with Gasteiger partial charge in [-0.2, -0.15) is 0 Å². The zero-order chi connectivity index (χ0) is 20.5. The quantitative estimate of drug-likeness (QED) is 0.668. The average Bonchev–Trinajstić information content (AvgIpc) is 3.08. The Morgan fingerprint density at radius 2 is 1.83 bits per heavy atom. The van der Waals surface area contributed by atoms with Crippen molar-refractivity contribution in [3.8, 4) is 5.69 Å². The number of hydrogen-bond acceptors (Lipinski definition) is 3. The largest absolute Gasteiger partial charge is 0.339 e. The van der Waals surface area contributed by atoms with Gasteiger partial charge in [0, 0.05) is 43.5 Å². The molecule has 0 atom stereocenters. The van der Waals surface area contributed by atoms with Crippen LogP contribution in [-0.2, 0) is 0 Å². The Hall–Kier alpha value is -2.66. The molecular formula is C24H30N4O. The molecule has 0 N–H and O–H groups in total. The van der Waals surface area contributed by atoms with Gasteiger partial charge in [-0.1, -0.05) is 18.2 Å². The first-order valence-electron chi connectivity index (χ1n) is 10.5. The maximum absolute atomic E-state index is 13.2. The summed E-state index contributed by atoms with van der Waals surface area (Å²) in [5.74, 6) is 1.02. The molecule has 1 aromatic heterocycles. The molecule has 3 aromatic rings. The van der Waals surface area contributed by atoms with Gasteiger partial charge in [0.25, 0.3) is 5.91 Å². The number of rotatable bonds is 4. The van der Waals surface area contributed by atoms with E-state index in [1.54, 1.807) is 0 Å². The summed E-state index contributed by atoms with van der Waals surface area (Å²) >= 11 is 0. The van der Waals surface area contributed by atoms with Crippen molar-refractivity contribution < 1.29 is 4.79 Å². The van der Waals surface area contributed by atoms with Crippen LogP contribution in [0.3, 0.4) is 0 Å². The Kier molecular flexibility index (Phi) is 5.41. The summed E-state index contributed by atoms with van der Waals surface area (Å²) in [5, 5.41) is 0. The third-order valence-electron chi connectivity index (χ3n) is 6.18. The molecule has 29 heavy (non-hydrogen) atoms. The van der Waals surface area contributed by atoms with Gasteiger partial charge < -0.3 is 9.80 Å². The number of nitrogens with zero attached hydrogens (tertiary/aromatic N) is 4. The number of imidazole rings is 1. The summed E-state index contributed by atoms with van der Waals surface area (Å²) in [6.07, 6.45) is 2.07. The van der Waals surface area contributed by atoms with Crippen LogP contribution in [0.2, 0.25) is 0 Å². The topological polar surface area (TPSA) is 41.4 Å². The Morgan fingerprint density at radius 1 is 1.10 bits per heavy atom. The highest BCUT2D eigenvalue weighted by atomic mass is 16.2.